The van der Waals surface area contributed by atoms with Crippen molar-refractivity contribution in [2.24, 2.45) is 11.3 Å². The van der Waals surface area contributed by atoms with Gasteiger partial charge in [-0.25, -0.2) is 0 Å². The molecule has 2 atom stereocenters. The first-order valence-electron chi connectivity index (χ1n) is 9.07. The van der Waals surface area contributed by atoms with Gasteiger partial charge in [0.05, 0.1) is 12.5 Å². The van der Waals surface area contributed by atoms with E-state index < -0.39 is 29.3 Å². The molecule has 2 unspecified atom stereocenters. The fourth-order valence-electron chi connectivity index (χ4n) is 2.28. The number of nitrogens with one attached hydrogen (secondary N) is 2. The largest absolute Gasteiger partial charge is 0.494 e. The molecule has 0 aliphatic carbocycles. The zero-order valence-electron chi connectivity index (χ0n) is 16.7. The first-order valence-corrected chi connectivity index (χ1v) is 9.07. The maximum absolute atomic E-state index is 12.2. The Hall–Kier alpha value is -2.57. The molecule has 0 saturated carbocycles. The second kappa shape index (κ2) is 9.94. The first-order chi connectivity index (χ1) is 12.5. The van der Waals surface area contributed by atoms with Gasteiger partial charge in [0.1, 0.15) is 11.8 Å². The molecule has 1 aromatic rings. The van der Waals surface area contributed by atoms with Gasteiger partial charge < -0.3 is 20.5 Å². The minimum absolute atomic E-state index is 0.0168. The van der Waals surface area contributed by atoms with Gasteiger partial charge in [0, 0.05) is 12.0 Å². The average molecular weight is 378 g/mol. The van der Waals surface area contributed by atoms with E-state index in [1.54, 1.807) is 39.8 Å². The van der Waals surface area contributed by atoms with Crippen molar-refractivity contribution in [1.82, 2.24) is 10.6 Å². The number of carbonyl (C=O) groups is 3. The normalized spacial score (nSPS) is 13.4. The van der Waals surface area contributed by atoms with Crippen molar-refractivity contribution in [2.75, 3.05) is 13.2 Å². The van der Waals surface area contributed by atoms with Gasteiger partial charge in [0.2, 0.25) is 11.8 Å². The molecule has 1 rings (SSSR count). The van der Waals surface area contributed by atoms with Crippen LogP contribution in [-0.4, -0.2) is 42.1 Å². The van der Waals surface area contributed by atoms with Crippen molar-refractivity contribution < 1.29 is 24.2 Å². The third kappa shape index (κ3) is 7.68. The van der Waals surface area contributed by atoms with Crippen LogP contribution in [0.5, 0.6) is 5.75 Å². The zero-order valence-corrected chi connectivity index (χ0v) is 16.7. The smallest absolute Gasteiger partial charge is 0.308 e. The molecule has 0 radical (unpaired) electrons. The number of ether oxygens (including phenoxy) is 1. The number of carbonyl (C=O) groups excluding carboxylic acids is 2. The van der Waals surface area contributed by atoms with E-state index in [0.29, 0.717) is 6.61 Å². The minimum atomic E-state index is -0.990. The van der Waals surface area contributed by atoms with E-state index in [4.69, 9.17) is 4.74 Å². The molecule has 0 aromatic heterocycles. The zero-order chi connectivity index (χ0) is 20.6. The molecular weight excluding hydrogens is 348 g/mol. The van der Waals surface area contributed by atoms with Crippen molar-refractivity contribution in [3.63, 3.8) is 0 Å². The van der Waals surface area contributed by atoms with Crippen molar-refractivity contribution in [1.29, 1.82) is 0 Å². The van der Waals surface area contributed by atoms with E-state index in [1.165, 1.54) is 0 Å². The molecule has 0 aliphatic rings. The van der Waals surface area contributed by atoms with Crippen LogP contribution in [0.2, 0.25) is 0 Å². The third-order valence-electron chi connectivity index (χ3n) is 4.01. The summed E-state index contributed by atoms with van der Waals surface area (Å²) in [5.41, 5.74) is 0.236. The molecule has 3 N–H and O–H groups in total. The number of amides is 2. The average Bonchev–Trinajstić information content (AvgIpc) is 2.58. The third-order valence-corrected chi connectivity index (χ3v) is 4.01. The predicted molar refractivity (Wildman–Crippen MR) is 103 cm³/mol. The summed E-state index contributed by atoms with van der Waals surface area (Å²) in [4.78, 5) is 35.6. The van der Waals surface area contributed by atoms with Crippen LogP contribution in [0.15, 0.2) is 24.3 Å². The molecule has 27 heavy (non-hydrogen) atoms. The van der Waals surface area contributed by atoms with Gasteiger partial charge in [-0.3, -0.25) is 14.4 Å². The van der Waals surface area contributed by atoms with Gasteiger partial charge in [0.25, 0.3) is 0 Å². The van der Waals surface area contributed by atoms with Crippen molar-refractivity contribution in [2.45, 2.75) is 47.1 Å². The fourth-order valence-corrected chi connectivity index (χ4v) is 2.28. The highest BCUT2D eigenvalue weighted by Crippen LogP contribution is 2.16. The Morgan fingerprint density at radius 2 is 1.74 bits per heavy atom. The molecule has 1 aromatic carbocycles. The SMILES string of the molecule is CCOc1ccc(CC(CNC(=O)C(C)NC(=O)C(C)(C)C)C(=O)O)cc1. The van der Waals surface area contributed by atoms with Crippen LogP contribution < -0.4 is 15.4 Å². The van der Waals surface area contributed by atoms with Crippen molar-refractivity contribution in [3.8, 4) is 5.75 Å². The number of aliphatic carboxylic acids is 1. The lowest BCUT2D eigenvalue weighted by Crippen LogP contribution is -2.49. The Morgan fingerprint density at radius 1 is 1.15 bits per heavy atom. The van der Waals surface area contributed by atoms with Gasteiger partial charge in [-0.05, 0) is 38.0 Å². The van der Waals surface area contributed by atoms with Crippen LogP contribution in [-0.2, 0) is 20.8 Å². The van der Waals surface area contributed by atoms with Crippen molar-refractivity contribution >= 4 is 17.8 Å². The monoisotopic (exact) mass is 378 g/mol. The summed E-state index contributed by atoms with van der Waals surface area (Å²) in [5, 5.41) is 14.7. The highest BCUT2D eigenvalue weighted by molar-refractivity contribution is 5.89. The topological polar surface area (TPSA) is 105 Å². The molecule has 0 fully saturated rings. The second-order valence-electron chi connectivity index (χ2n) is 7.51. The number of carboxylic acid groups (broad SMARTS) is 1. The molecule has 0 bridgehead atoms. The summed E-state index contributed by atoms with van der Waals surface area (Å²) in [6.07, 6.45) is 0.282. The lowest BCUT2D eigenvalue weighted by Gasteiger charge is -2.22. The Bertz CT molecular complexity index is 649. The standard InChI is InChI=1S/C20H30N2O5/c1-6-27-16-9-7-14(8-10-16)11-15(18(24)25)12-21-17(23)13(2)22-19(26)20(3,4)5/h7-10,13,15H,6,11-12H2,1-5H3,(H,21,23)(H,22,26)(H,24,25). The summed E-state index contributed by atoms with van der Waals surface area (Å²) < 4.78 is 5.37. The van der Waals surface area contributed by atoms with Crippen LogP contribution >= 0.6 is 0 Å². The van der Waals surface area contributed by atoms with Crippen molar-refractivity contribution in [3.05, 3.63) is 29.8 Å². The number of carboxylic acids is 1. The molecule has 150 valence electrons. The molecular formula is C20H30N2O5. The summed E-state index contributed by atoms with van der Waals surface area (Å²) in [6, 6.07) is 6.47. The summed E-state index contributed by atoms with van der Waals surface area (Å²) in [7, 11) is 0. The predicted octanol–water partition coefficient (Wildman–Crippen LogP) is 2.00. The van der Waals surface area contributed by atoms with Gasteiger partial charge in [-0.2, -0.15) is 0 Å². The maximum Gasteiger partial charge on any atom is 0.308 e. The molecule has 7 heteroatoms. The highest BCUT2D eigenvalue weighted by atomic mass is 16.5. The molecule has 7 nitrogen and oxygen atoms in total. The Kier molecular flexibility index (Phi) is 8.28. The van der Waals surface area contributed by atoms with Crippen LogP contribution in [0.3, 0.4) is 0 Å². The number of rotatable bonds is 9. The molecule has 0 aliphatic heterocycles. The molecule has 0 spiro atoms. The Labute approximate surface area is 160 Å². The van der Waals surface area contributed by atoms with Crippen LogP contribution in [0, 0.1) is 11.3 Å². The quantitative estimate of drug-likeness (QED) is 0.610. The second-order valence-corrected chi connectivity index (χ2v) is 7.51. The minimum Gasteiger partial charge on any atom is -0.494 e. The molecule has 0 heterocycles. The van der Waals surface area contributed by atoms with E-state index >= 15 is 0 Å². The fraction of sp³-hybridized carbons (Fsp3) is 0.550. The number of benzene rings is 1. The molecule has 0 saturated heterocycles. The van der Waals surface area contributed by atoms with Crippen LogP contribution in [0.25, 0.3) is 0 Å². The van der Waals surface area contributed by atoms with Gasteiger partial charge in [-0.1, -0.05) is 32.9 Å². The summed E-state index contributed by atoms with van der Waals surface area (Å²) >= 11 is 0. The van der Waals surface area contributed by atoms with Crippen LogP contribution in [0.1, 0.15) is 40.2 Å². The number of hydrogen-bond acceptors (Lipinski definition) is 4. The lowest BCUT2D eigenvalue weighted by atomic mass is 9.95. The van der Waals surface area contributed by atoms with E-state index in [-0.39, 0.29) is 18.9 Å². The van der Waals surface area contributed by atoms with Crippen LogP contribution in [0.4, 0.5) is 0 Å². The van der Waals surface area contributed by atoms with Gasteiger partial charge in [-0.15, -0.1) is 0 Å². The Morgan fingerprint density at radius 3 is 2.22 bits per heavy atom. The highest BCUT2D eigenvalue weighted by Gasteiger charge is 2.26. The lowest BCUT2D eigenvalue weighted by molar-refractivity contribution is -0.142. The van der Waals surface area contributed by atoms with Gasteiger partial charge >= 0.3 is 5.97 Å². The first kappa shape index (κ1) is 22.5. The van der Waals surface area contributed by atoms with E-state index in [9.17, 15) is 19.5 Å². The van der Waals surface area contributed by atoms with Gasteiger partial charge in [0.15, 0.2) is 0 Å². The number of hydrogen-bond donors (Lipinski definition) is 3. The summed E-state index contributed by atoms with van der Waals surface area (Å²) in [6.45, 7) is 9.27. The molecule has 2 amide bonds. The maximum atomic E-state index is 12.2. The van der Waals surface area contributed by atoms with E-state index in [0.717, 1.165) is 11.3 Å². The van der Waals surface area contributed by atoms with E-state index in [2.05, 4.69) is 10.6 Å². The Balaban J connectivity index is 2.60. The van der Waals surface area contributed by atoms with E-state index in [1.807, 2.05) is 19.1 Å². The summed E-state index contributed by atoms with van der Waals surface area (Å²) in [5.74, 6) is -1.68.